The van der Waals surface area contributed by atoms with Crippen LogP contribution < -0.4 is 5.32 Å². The molecule has 25 heavy (non-hydrogen) atoms. The molecule has 3 fully saturated rings. The minimum Gasteiger partial charge on any atom is -0.384 e. The van der Waals surface area contributed by atoms with Gasteiger partial charge in [0.15, 0.2) is 0 Å². The lowest BCUT2D eigenvalue weighted by atomic mass is 10.1. The Balaban J connectivity index is 1.34. The molecule has 3 aliphatic rings. The summed E-state index contributed by atoms with van der Waals surface area (Å²) in [4.78, 5) is 15.0. The van der Waals surface area contributed by atoms with Crippen LogP contribution in [0.2, 0.25) is 5.02 Å². The fourth-order valence-corrected chi connectivity index (χ4v) is 4.19. The van der Waals surface area contributed by atoms with Gasteiger partial charge in [0.1, 0.15) is 0 Å². The Hall–Kier alpha value is -1.14. The second-order valence-electron chi connectivity index (χ2n) is 7.60. The summed E-state index contributed by atoms with van der Waals surface area (Å²) >= 11 is 5.97. The van der Waals surface area contributed by atoms with Crippen LogP contribution in [-0.2, 0) is 14.3 Å². The Morgan fingerprint density at radius 2 is 2.12 bits per heavy atom. The van der Waals surface area contributed by atoms with Gasteiger partial charge in [-0.25, -0.2) is 0 Å². The van der Waals surface area contributed by atoms with Gasteiger partial charge in [-0.1, -0.05) is 23.7 Å². The zero-order valence-electron chi connectivity index (χ0n) is 14.5. The van der Waals surface area contributed by atoms with E-state index < -0.39 is 0 Å². The summed E-state index contributed by atoms with van der Waals surface area (Å²) in [5.41, 5.74) is 0.896. The van der Waals surface area contributed by atoms with Crippen molar-refractivity contribution in [2.45, 2.75) is 37.5 Å². The normalized spacial score (nSPS) is 30.7. The van der Waals surface area contributed by atoms with Crippen LogP contribution >= 0.6 is 11.6 Å². The predicted molar refractivity (Wildman–Crippen MR) is 95.6 cm³/mol. The van der Waals surface area contributed by atoms with Gasteiger partial charge >= 0.3 is 0 Å². The predicted octanol–water partition coefficient (Wildman–Crippen LogP) is 2.40. The average molecular weight is 365 g/mol. The van der Waals surface area contributed by atoms with Crippen LogP contribution in [0.15, 0.2) is 24.3 Å². The molecular formula is C19H25ClN2O3. The van der Waals surface area contributed by atoms with Gasteiger partial charge in [0, 0.05) is 37.3 Å². The Kier molecular flexibility index (Phi) is 4.75. The van der Waals surface area contributed by atoms with Crippen LogP contribution in [0.3, 0.4) is 0 Å². The molecule has 136 valence electrons. The molecule has 1 aliphatic carbocycles. The average Bonchev–Trinajstić information content (AvgIpc) is 3.28. The number of methoxy groups -OCH3 is 1. The molecule has 0 aromatic heterocycles. The van der Waals surface area contributed by atoms with Crippen molar-refractivity contribution in [1.29, 1.82) is 0 Å². The monoisotopic (exact) mass is 364 g/mol. The molecule has 0 bridgehead atoms. The summed E-state index contributed by atoms with van der Waals surface area (Å²) in [5, 5.41) is 3.99. The molecule has 0 spiro atoms. The zero-order valence-corrected chi connectivity index (χ0v) is 15.3. The first-order chi connectivity index (χ1) is 12.1. The second-order valence-corrected chi connectivity index (χ2v) is 8.04. The van der Waals surface area contributed by atoms with Gasteiger partial charge in [-0.2, -0.15) is 0 Å². The lowest BCUT2D eigenvalue weighted by molar-refractivity contribution is -0.128. The Labute approximate surface area is 153 Å². The van der Waals surface area contributed by atoms with Gasteiger partial charge in [0.05, 0.1) is 24.7 Å². The van der Waals surface area contributed by atoms with E-state index in [0.717, 1.165) is 42.9 Å². The quantitative estimate of drug-likeness (QED) is 0.871. The molecule has 2 heterocycles. The number of rotatable bonds is 5. The zero-order chi connectivity index (χ0) is 17.4. The van der Waals surface area contributed by atoms with Crippen molar-refractivity contribution in [2.75, 3.05) is 33.4 Å². The third kappa shape index (κ3) is 3.56. The SMILES string of the molecule is COCC1(C(=O)N[C@@H]2C[C@H]3CO[C@@H](c4ccc(Cl)cc4)CN3C2)CC1. The third-order valence-corrected chi connectivity index (χ3v) is 6.00. The maximum atomic E-state index is 12.5. The van der Waals surface area contributed by atoms with Crippen molar-refractivity contribution in [3.8, 4) is 0 Å². The van der Waals surface area contributed by atoms with E-state index in [1.165, 1.54) is 0 Å². The highest BCUT2D eigenvalue weighted by Crippen LogP contribution is 2.46. The Morgan fingerprint density at radius 3 is 2.80 bits per heavy atom. The number of nitrogens with zero attached hydrogens (tertiary/aromatic N) is 1. The lowest BCUT2D eigenvalue weighted by Gasteiger charge is -2.35. The summed E-state index contributed by atoms with van der Waals surface area (Å²) in [6.07, 6.45) is 2.91. The number of carbonyl (C=O) groups is 1. The van der Waals surface area contributed by atoms with E-state index in [1.54, 1.807) is 7.11 Å². The molecule has 3 atom stereocenters. The molecule has 1 aromatic rings. The molecule has 1 saturated carbocycles. The highest BCUT2D eigenvalue weighted by atomic mass is 35.5. The third-order valence-electron chi connectivity index (χ3n) is 5.75. The topological polar surface area (TPSA) is 50.8 Å². The highest BCUT2D eigenvalue weighted by molar-refractivity contribution is 6.30. The molecule has 2 saturated heterocycles. The highest BCUT2D eigenvalue weighted by Gasteiger charge is 2.51. The number of carbonyl (C=O) groups excluding carboxylic acids is 1. The van der Waals surface area contributed by atoms with Crippen molar-refractivity contribution in [3.05, 3.63) is 34.9 Å². The van der Waals surface area contributed by atoms with E-state index in [9.17, 15) is 4.79 Å². The van der Waals surface area contributed by atoms with Gasteiger partial charge in [-0.05, 0) is 37.0 Å². The minimum absolute atomic E-state index is 0.0752. The fraction of sp³-hybridized carbons (Fsp3) is 0.632. The van der Waals surface area contributed by atoms with Crippen LogP contribution in [-0.4, -0.2) is 56.3 Å². The molecule has 1 N–H and O–H groups in total. The van der Waals surface area contributed by atoms with Crippen molar-refractivity contribution in [2.24, 2.45) is 5.41 Å². The van der Waals surface area contributed by atoms with Crippen molar-refractivity contribution in [3.63, 3.8) is 0 Å². The second kappa shape index (κ2) is 6.88. The van der Waals surface area contributed by atoms with E-state index in [2.05, 4.69) is 10.2 Å². The number of hydrogen-bond acceptors (Lipinski definition) is 4. The van der Waals surface area contributed by atoms with Crippen molar-refractivity contribution in [1.82, 2.24) is 10.2 Å². The van der Waals surface area contributed by atoms with Crippen LogP contribution in [0.25, 0.3) is 0 Å². The van der Waals surface area contributed by atoms with Gasteiger partial charge in [-0.15, -0.1) is 0 Å². The Bertz CT molecular complexity index is 632. The number of fused-ring (bicyclic) bond motifs is 1. The molecule has 6 heteroatoms. The summed E-state index contributed by atoms with van der Waals surface area (Å²) in [7, 11) is 1.66. The van der Waals surface area contributed by atoms with Crippen molar-refractivity contribution < 1.29 is 14.3 Å². The van der Waals surface area contributed by atoms with Crippen LogP contribution in [0.5, 0.6) is 0 Å². The number of nitrogens with one attached hydrogen (secondary N) is 1. The molecule has 1 aromatic carbocycles. The Morgan fingerprint density at radius 1 is 1.36 bits per heavy atom. The summed E-state index contributed by atoms with van der Waals surface area (Å²) in [6, 6.07) is 8.48. The number of morpholine rings is 1. The van der Waals surface area contributed by atoms with E-state index in [1.807, 2.05) is 24.3 Å². The lowest BCUT2D eigenvalue weighted by Crippen LogP contribution is -2.44. The smallest absolute Gasteiger partial charge is 0.228 e. The number of halogens is 1. The first-order valence-electron chi connectivity index (χ1n) is 9.01. The van der Waals surface area contributed by atoms with Crippen molar-refractivity contribution >= 4 is 17.5 Å². The fourth-order valence-electron chi connectivity index (χ4n) is 4.06. The van der Waals surface area contributed by atoms with Crippen LogP contribution in [0.4, 0.5) is 0 Å². The molecule has 4 rings (SSSR count). The van der Waals surface area contributed by atoms with E-state index in [4.69, 9.17) is 21.1 Å². The number of ether oxygens (including phenoxy) is 2. The molecule has 2 aliphatic heterocycles. The molecular weight excluding hydrogens is 340 g/mol. The summed E-state index contributed by atoms with van der Waals surface area (Å²) in [5.74, 6) is 0.161. The number of amides is 1. The first-order valence-corrected chi connectivity index (χ1v) is 9.38. The standard InChI is InChI=1S/C19H25ClN2O3/c1-24-12-19(6-7-19)18(23)21-15-8-16-11-25-17(10-22(16)9-15)13-2-4-14(20)5-3-13/h2-5,15-17H,6-12H2,1H3,(H,21,23)/t15-,16+,17-/m1/s1. The summed E-state index contributed by atoms with van der Waals surface area (Å²) < 4.78 is 11.3. The first kappa shape index (κ1) is 17.3. The van der Waals surface area contributed by atoms with E-state index >= 15 is 0 Å². The van der Waals surface area contributed by atoms with Crippen LogP contribution in [0.1, 0.15) is 30.9 Å². The summed E-state index contributed by atoms with van der Waals surface area (Å²) in [6.45, 7) is 3.00. The van der Waals surface area contributed by atoms with Gasteiger partial charge < -0.3 is 14.8 Å². The molecule has 1 amide bonds. The van der Waals surface area contributed by atoms with E-state index in [-0.39, 0.29) is 23.5 Å². The minimum atomic E-state index is -0.264. The molecule has 5 nitrogen and oxygen atoms in total. The maximum absolute atomic E-state index is 12.5. The number of hydrogen-bond donors (Lipinski definition) is 1. The van der Waals surface area contributed by atoms with Gasteiger partial charge in [0.2, 0.25) is 5.91 Å². The van der Waals surface area contributed by atoms with E-state index in [0.29, 0.717) is 19.3 Å². The number of benzene rings is 1. The van der Waals surface area contributed by atoms with Gasteiger partial charge in [-0.3, -0.25) is 9.69 Å². The van der Waals surface area contributed by atoms with Crippen LogP contribution in [0, 0.1) is 5.41 Å². The molecule has 0 radical (unpaired) electrons. The van der Waals surface area contributed by atoms with Gasteiger partial charge in [0.25, 0.3) is 0 Å². The maximum Gasteiger partial charge on any atom is 0.228 e. The largest absolute Gasteiger partial charge is 0.384 e. The molecule has 0 unspecified atom stereocenters.